The maximum Gasteiger partial charge on any atom is 0.414 e. The van der Waals surface area contributed by atoms with E-state index < -0.39 is 12.2 Å². The lowest BCUT2D eigenvalue weighted by Crippen LogP contribution is -2.33. The van der Waals surface area contributed by atoms with Gasteiger partial charge in [0.1, 0.15) is 6.10 Å². The molecule has 2 N–H and O–H groups in total. The first kappa shape index (κ1) is 15.8. The van der Waals surface area contributed by atoms with Crippen molar-refractivity contribution in [1.29, 1.82) is 0 Å². The summed E-state index contributed by atoms with van der Waals surface area (Å²) >= 11 is 0. The minimum absolute atomic E-state index is 0.146. The Bertz CT molecular complexity index is 617. The molecule has 2 aliphatic rings. The van der Waals surface area contributed by atoms with Gasteiger partial charge >= 0.3 is 6.09 Å². The minimum atomic E-state index is -0.471. The van der Waals surface area contributed by atoms with Crippen LogP contribution in [-0.2, 0) is 16.0 Å². The van der Waals surface area contributed by atoms with E-state index in [0.717, 1.165) is 42.5 Å². The van der Waals surface area contributed by atoms with Crippen molar-refractivity contribution >= 4 is 17.7 Å². The quantitative estimate of drug-likeness (QED) is 0.835. The maximum absolute atomic E-state index is 12.1. The average Bonchev–Trinajstić information content (AvgIpc) is 2.80. The van der Waals surface area contributed by atoms with Crippen LogP contribution in [0.2, 0.25) is 0 Å². The van der Waals surface area contributed by atoms with Crippen molar-refractivity contribution in [2.75, 3.05) is 18.0 Å². The maximum atomic E-state index is 12.1. The zero-order valence-electron chi connectivity index (χ0n) is 13.2. The summed E-state index contributed by atoms with van der Waals surface area (Å²) in [6.45, 7) is 2.14. The highest BCUT2D eigenvalue weighted by atomic mass is 16.6. The Morgan fingerprint density at radius 3 is 3.04 bits per heavy atom. The molecule has 0 saturated carbocycles. The summed E-state index contributed by atoms with van der Waals surface area (Å²) < 4.78 is 5.28. The third-order valence-electron chi connectivity index (χ3n) is 4.43. The molecule has 1 aliphatic carbocycles. The normalized spacial score (nSPS) is 23.9. The van der Waals surface area contributed by atoms with Crippen LogP contribution in [0.15, 0.2) is 18.2 Å². The molecule has 3 rings (SSSR count). The third kappa shape index (κ3) is 3.47. The molecule has 1 saturated heterocycles. The molecule has 124 valence electrons. The topological polar surface area (TPSA) is 78.9 Å². The Morgan fingerprint density at radius 2 is 2.26 bits per heavy atom. The number of rotatable bonds is 3. The first-order chi connectivity index (χ1) is 11.0. The lowest BCUT2D eigenvalue weighted by molar-refractivity contribution is -0.119. The zero-order valence-corrected chi connectivity index (χ0v) is 13.2. The van der Waals surface area contributed by atoms with Gasteiger partial charge in [0, 0.05) is 12.6 Å². The van der Waals surface area contributed by atoms with Crippen molar-refractivity contribution in [3.63, 3.8) is 0 Å². The summed E-state index contributed by atoms with van der Waals surface area (Å²) in [6.07, 6.45) is 2.57. The number of hydrogen-bond donors (Lipinski definition) is 2. The fourth-order valence-electron chi connectivity index (χ4n) is 3.19. The number of amides is 2. The Morgan fingerprint density at radius 1 is 1.43 bits per heavy atom. The molecule has 2 amide bonds. The summed E-state index contributed by atoms with van der Waals surface area (Å²) in [7, 11) is 0. The van der Waals surface area contributed by atoms with Crippen LogP contribution >= 0.6 is 0 Å². The highest BCUT2D eigenvalue weighted by Crippen LogP contribution is 2.32. The van der Waals surface area contributed by atoms with Gasteiger partial charge in [-0.05, 0) is 42.5 Å². The smallest absolute Gasteiger partial charge is 0.414 e. The number of benzene rings is 1. The van der Waals surface area contributed by atoms with Gasteiger partial charge in [-0.15, -0.1) is 0 Å². The second-order valence-corrected chi connectivity index (χ2v) is 6.20. The SMILES string of the molecule is CC(=O)NC[C@H]1CN(c2ccc3c(c2)C(O)CCCC3)C(=O)O1. The number of fused-ring (bicyclic) bond motifs is 1. The second kappa shape index (κ2) is 6.58. The van der Waals surface area contributed by atoms with Crippen molar-refractivity contribution in [2.24, 2.45) is 0 Å². The van der Waals surface area contributed by atoms with E-state index in [1.54, 1.807) is 4.90 Å². The van der Waals surface area contributed by atoms with E-state index in [0.29, 0.717) is 13.1 Å². The molecular weight excluding hydrogens is 296 g/mol. The number of carbonyl (C=O) groups is 2. The van der Waals surface area contributed by atoms with E-state index >= 15 is 0 Å². The molecular formula is C17H22N2O4. The molecule has 1 heterocycles. The third-order valence-corrected chi connectivity index (χ3v) is 4.43. The number of aryl methyl sites for hydroxylation is 1. The standard InChI is InChI=1S/C17H22N2O4/c1-11(20)18-9-14-10-19(17(22)23-14)13-7-6-12-4-2-3-5-16(21)15(12)8-13/h6-8,14,16,21H,2-5,9-10H2,1H3,(H,18,20)/t14-,16?/m0/s1. The number of ether oxygens (including phenoxy) is 1. The Balaban J connectivity index is 1.77. The van der Waals surface area contributed by atoms with Crippen LogP contribution < -0.4 is 10.2 Å². The summed E-state index contributed by atoms with van der Waals surface area (Å²) in [5.74, 6) is -0.146. The lowest BCUT2D eigenvalue weighted by atomic mass is 10.00. The molecule has 1 unspecified atom stereocenters. The van der Waals surface area contributed by atoms with Crippen LogP contribution in [-0.4, -0.2) is 36.3 Å². The van der Waals surface area contributed by atoms with Crippen LogP contribution in [0.25, 0.3) is 0 Å². The van der Waals surface area contributed by atoms with Gasteiger partial charge in [-0.1, -0.05) is 12.5 Å². The first-order valence-corrected chi connectivity index (χ1v) is 8.08. The van der Waals surface area contributed by atoms with E-state index in [1.807, 2.05) is 18.2 Å². The summed E-state index contributed by atoms with van der Waals surface area (Å²) in [6, 6.07) is 5.79. The van der Waals surface area contributed by atoms with E-state index in [-0.39, 0.29) is 12.0 Å². The number of aliphatic hydroxyl groups excluding tert-OH is 1. The van der Waals surface area contributed by atoms with Crippen LogP contribution in [0.3, 0.4) is 0 Å². The van der Waals surface area contributed by atoms with E-state index in [2.05, 4.69) is 5.32 Å². The molecule has 6 heteroatoms. The Hall–Kier alpha value is -2.08. The molecule has 0 spiro atoms. The van der Waals surface area contributed by atoms with Gasteiger partial charge in [0.15, 0.2) is 0 Å². The molecule has 23 heavy (non-hydrogen) atoms. The summed E-state index contributed by atoms with van der Waals surface area (Å²) in [5, 5.41) is 13.0. The fraction of sp³-hybridized carbons (Fsp3) is 0.529. The van der Waals surface area contributed by atoms with Crippen molar-refractivity contribution in [3.8, 4) is 0 Å². The Labute approximate surface area is 135 Å². The number of nitrogens with one attached hydrogen (secondary N) is 1. The predicted molar refractivity (Wildman–Crippen MR) is 85.3 cm³/mol. The lowest BCUT2D eigenvalue weighted by Gasteiger charge is -2.18. The average molecular weight is 318 g/mol. The molecule has 1 aromatic carbocycles. The fourth-order valence-corrected chi connectivity index (χ4v) is 3.19. The molecule has 1 aromatic rings. The van der Waals surface area contributed by atoms with Gasteiger partial charge in [0.2, 0.25) is 5.91 Å². The van der Waals surface area contributed by atoms with Crippen LogP contribution in [0.4, 0.5) is 10.5 Å². The summed E-state index contributed by atoms with van der Waals surface area (Å²) in [4.78, 5) is 24.6. The van der Waals surface area contributed by atoms with Crippen LogP contribution in [0, 0.1) is 0 Å². The van der Waals surface area contributed by atoms with Crippen molar-refractivity contribution in [1.82, 2.24) is 5.32 Å². The number of anilines is 1. The van der Waals surface area contributed by atoms with Crippen molar-refractivity contribution in [3.05, 3.63) is 29.3 Å². The predicted octanol–water partition coefficient (Wildman–Crippen LogP) is 1.91. The first-order valence-electron chi connectivity index (χ1n) is 8.08. The number of carbonyl (C=O) groups excluding carboxylic acids is 2. The van der Waals surface area contributed by atoms with E-state index in [4.69, 9.17) is 4.74 Å². The molecule has 1 aliphatic heterocycles. The minimum Gasteiger partial charge on any atom is -0.442 e. The highest BCUT2D eigenvalue weighted by Gasteiger charge is 2.33. The Kier molecular flexibility index (Phi) is 4.52. The number of nitrogens with zero attached hydrogens (tertiary/aromatic N) is 1. The van der Waals surface area contributed by atoms with Gasteiger partial charge in [0.05, 0.1) is 19.2 Å². The van der Waals surface area contributed by atoms with Crippen LogP contribution in [0.1, 0.15) is 43.4 Å². The molecule has 1 fully saturated rings. The monoisotopic (exact) mass is 318 g/mol. The van der Waals surface area contributed by atoms with Crippen molar-refractivity contribution < 1.29 is 19.4 Å². The summed E-state index contributed by atoms with van der Waals surface area (Å²) in [5.41, 5.74) is 2.80. The van der Waals surface area contributed by atoms with Gasteiger partial charge in [0.25, 0.3) is 0 Å². The molecule has 0 aromatic heterocycles. The van der Waals surface area contributed by atoms with Gasteiger partial charge < -0.3 is 15.2 Å². The molecule has 0 bridgehead atoms. The largest absolute Gasteiger partial charge is 0.442 e. The highest BCUT2D eigenvalue weighted by molar-refractivity contribution is 5.90. The number of cyclic esters (lactones) is 1. The van der Waals surface area contributed by atoms with Crippen molar-refractivity contribution in [2.45, 2.75) is 44.8 Å². The van der Waals surface area contributed by atoms with E-state index in [9.17, 15) is 14.7 Å². The van der Waals surface area contributed by atoms with Gasteiger partial charge in [-0.25, -0.2) is 4.79 Å². The number of hydrogen-bond acceptors (Lipinski definition) is 4. The van der Waals surface area contributed by atoms with Gasteiger partial charge in [-0.2, -0.15) is 0 Å². The second-order valence-electron chi connectivity index (χ2n) is 6.20. The number of aliphatic hydroxyl groups is 1. The van der Waals surface area contributed by atoms with Crippen LogP contribution in [0.5, 0.6) is 0 Å². The van der Waals surface area contributed by atoms with E-state index in [1.165, 1.54) is 6.92 Å². The molecule has 2 atom stereocenters. The zero-order chi connectivity index (χ0) is 16.4. The van der Waals surface area contributed by atoms with Gasteiger partial charge in [-0.3, -0.25) is 9.69 Å². The molecule has 0 radical (unpaired) electrons. The molecule has 6 nitrogen and oxygen atoms in total.